The highest BCUT2D eigenvalue weighted by Gasteiger charge is 2.05. The minimum Gasteiger partial charge on any atom is -0.496 e. The number of benzene rings is 2. The SMILES string of the molecule is COc1ccc(Br)cc1COc1ccc([C@H](C)N)cc1. The zero-order chi connectivity index (χ0) is 14.5. The second-order valence-corrected chi connectivity index (χ2v) is 5.52. The second-order valence-electron chi connectivity index (χ2n) is 4.60. The van der Waals surface area contributed by atoms with E-state index in [4.69, 9.17) is 15.2 Å². The van der Waals surface area contributed by atoms with Gasteiger partial charge in [0, 0.05) is 16.1 Å². The number of rotatable bonds is 5. The summed E-state index contributed by atoms with van der Waals surface area (Å²) in [6, 6.07) is 13.7. The fourth-order valence-corrected chi connectivity index (χ4v) is 2.30. The summed E-state index contributed by atoms with van der Waals surface area (Å²) in [6.45, 7) is 2.42. The number of ether oxygens (including phenoxy) is 2. The van der Waals surface area contributed by atoms with Crippen LogP contribution in [0.4, 0.5) is 0 Å². The second kappa shape index (κ2) is 6.77. The van der Waals surface area contributed by atoms with Gasteiger partial charge in [0.15, 0.2) is 0 Å². The molecule has 2 aromatic carbocycles. The van der Waals surface area contributed by atoms with Gasteiger partial charge in [-0.3, -0.25) is 0 Å². The van der Waals surface area contributed by atoms with Crippen molar-refractivity contribution in [3.8, 4) is 11.5 Å². The molecule has 3 nitrogen and oxygen atoms in total. The number of hydrogen-bond acceptors (Lipinski definition) is 3. The molecule has 106 valence electrons. The van der Waals surface area contributed by atoms with E-state index in [1.807, 2.05) is 49.4 Å². The smallest absolute Gasteiger partial charge is 0.125 e. The Balaban J connectivity index is 2.06. The fraction of sp³-hybridized carbons (Fsp3) is 0.250. The molecule has 20 heavy (non-hydrogen) atoms. The Kier molecular flexibility index (Phi) is 5.04. The lowest BCUT2D eigenvalue weighted by Gasteiger charge is -2.12. The van der Waals surface area contributed by atoms with Crippen molar-refractivity contribution in [3.05, 3.63) is 58.1 Å². The molecule has 0 saturated carbocycles. The summed E-state index contributed by atoms with van der Waals surface area (Å²) in [7, 11) is 1.66. The lowest BCUT2D eigenvalue weighted by molar-refractivity contribution is 0.296. The van der Waals surface area contributed by atoms with Crippen molar-refractivity contribution in [2.45, 2.75) is 19.6 Å². The molecule has 0 aliphatic rings. The van der Waals surface area contributed by atoms with Crippen LogP contribution in [0.2, 0.25) is 0 Å². The lowest BCUT2D eigenvalue weighted by atomic mass is 10.1. The molecular weight excluding hydrogens is 318 g/mol. The molecule has 0 amide bonds. The molecule has 0 fully saturated rings. The van der Waals surface area contributed by atoms with Crippen molar-refractivity contribution >= 4 is 15.9 Å². The molecule has 0 radical (unpaired) electrons. The molecule has 0 spiro atoms. The molecule has 2 rings (SSSR count). The first kappa shape index (κ1) is 14.9. The summed E-state index contributed by atoms with van der Waals surface area (Å²) >= 11 is 3.45. The average Bonchev–Trinajstić information content (AvgIpc) is 2.45. The van der Waals surface area contributed by atoms with Gasteiger partial charge >= 0.3 is 0 Å². The van der Waals surface area contributed by atoms with Crippen LogP contribution < -0.4 is 15.2 Å². The average molecular weight is 336 g/mol. The van der Waals surface area contributed by atoms with Crippen molar-refractivity contribution in [3.63, 3.8) is 0 Å². The van der Waals surface area contributed by atoms with Crippen LogP contribution in [-0.2, 0) is 6.61 Å². The van der Waals surface area contributed by atoms with Gasteiger partial charge in [-0.15, -0.1) is 0 Å². The van der Waals surface area contributed by atoms with E-state index in [1.165, 1.54) is 0 Å². The van der Waals surface area contributed by atoms with Gasteiger partial charge in [-0.05, 0) is 42.8 Å². The van der Waals surface area contributed by atoms with Gasteiger partial charge < -0.3 is 15.2 Å². The van der Waals surface area contributed by atoms with Crippen LogP contribution in [0, 0.1) is 0 Å². The molecular formula is C16H18BrNO2. The summed E-state index contributed by atoms with van der Waals surface area (Å²) in [5.74, 6) is 1.64. The van der Waals surface area contributed by atoms with Crippen molar-refractivity contribution in [2.75, 3.05) is 7.11 Å². The highest BCUT2D eigenvalue weighted by atomic mass is 79.9. The van der Waals surface area contributed by atoms with E-state index in [2.05, 4.69) is 15.9 Å². The number of halogens is 1. The number of hydrogen-bond donors (Lipinski definition) is 1. The highest BCUT2D eigenvalue weighted by molar-refractivity contribution is 9.10. The lowest BCUT2D eigenvalue weighted by Crippen LogP contribution is -2.04. The Morgan fingerprint density at radius 3 is 2.45 bits per heavy atom. The van der Waals surface area contributed by atoms with Crippen LogP contribution in [0.1, 0.15) is 24.1 Å². The van der Waals surface area contributed by atoms with Crippen molar-refractivity contribution in [1.82, 2.24) is 0 Å². The van der Waals surface area contributed by atoms with E-state index in [0.717, 1.165) is 27.1 Å². The molecule has 0 bridgehead atoms. The monoisotopic (exact) mass is 335 g/mol. The molecule has 0 aliphatic heterocycles. The first-order chi connectivity index (χ1) is 9.60. The minimum atomic E-state index is 0.0363. The molecule has 2 N–H and O–H groups in total. The van der Waals surface area contributed by atoms with E-state index in [-0.39, 0.29) is 6.04 Å². The third kappa shape index (κ3) is 3.74. The molecule has 1 atom stereocenters. The first-order valence-corrected chi connectivity index (χ1v) is 7.20. The molecule has 2 aromatic rings. The topological polar surface area (TPSA) is 44.5 Å². The molecule has 0 aliphatic carbocycles. The standard InChI is InChI=1S/C16H18BrNO2/c1-11(18)12-3-6-15(7-4-12)20-10-13-9-14(17)5-8-16(13)19-2/h3-9,11H,10,18H2,1-2H3/t11-/m0/s1. The fourth-order valence-electron chi connectivity index (χ4n) is 1.89. The number of methoxy groups -OCH3 is 1. The molecule has 0 heterocycles. The van der Waals surface area contributed by atoms with Gasteiger partial charge in [0.2, 0.25) is 0 Å². The normalized spacial score (nSPS) is 12.0. The van der Waals surface area contributed by atoms with Crippen molar-refractivity contribution in [1.29, 1.82) is 0 Å². The van der Waals surface area contributed by atoms with Crippen LogP contribution in [0.15, 0.2) is 46.9 Å². The third-order valence-corrected chi connectivity index (χ3v) is 3.54. The minimum absolute atomic E-state index is 0.0363. The van der Waals surface area contributed by atoms with Crippen LogP contribution in [0.25, 0.3) is 0 Å². The predicted octanol–water partition coefficient (Wildman–Crippen LogP) is 4.06. The summed E-state index contributed by atoms with van der Waals surface area (Å²) in [5.41, 5.74) is 7.91. The quantitative estimate of drug-likeness (QED) is 0.896. The summed E-state index contributed by atoms with van der Waals surface area (Å²) in [4.78, 5) is 0. The maximum atomic E-state index is 5.82. The zero-order valence-electron chi connectivity index (χ0n) is 11.6. The van der Waals surface area contributed by atoms with Crippen LogP contribution in [0.5, 0.6) is 11.5 Å². The van der Waals surface area contributed by atoms with Crippen LogP contribution in [0.3, 0.4) is 0 Å². The van der Waals surface area contributed by atoms with E-state index in [9.17, 15) is 0 Å². The van der Waals surface area contributed by atoms with Gasteiger partial charge in [-0.2, -0.15) is 0 Å². The van der Waals surface area contributed by atoms with E-state index in [0.29, 0.717) is 6.61 Å². The third-order valence-electron chi connectivity index (χ3n) is 3.04. The van der Waals surface area contributed by atoms with E-state index < -0.39 is 0 Å². The van der Waals surface area contributed by atoms with Crippen LogP contribution in [-0.4, -0.2) is 7.11 Å². The van der Waals surface area contributed by atoms with E-state index >= 15 is 0 Å². The molecule has 0 saturated heterocycles. The highest BCUT2D eigenvalue weighted by Crippen LogP contribution is 2.25. The maximum Gasteiger partial charge on any atom is 0.125 e. The first-order valence-electron chi connectivity index (χ1n) is 6.41. The maximum absolute atomic E-state index is 5.82. The van der Waals surface area contributed by atoms with Gasteiger partial charge in [-0.25, -0.2) is 0 Å². The van der Waals surface area contributed by atoms with Crippen molar-refractivity contribution < 1.29 is 9.47 Å². The van der Waals surface area contributed by atoms with Gasteiger partial charge in [-0.1, -0.05) is 28.1 Å². The summed E-state index contributed by atoms with van der Waals surface area (Å²) in [5, 5.41) is 0. The molecule has 4 heteroatoms. The zero-order valence-corrected chi connectivity index (χ0v) is 13.2. The summed E-state index contributed by atoms with van der Waals surface area (Å²) in [6.07, 6.45) is 0. The Morgan fingerprint density at radius 2 is 1.85 bits per heavy atom. The predicted molar refractivity (Wildman–Crippen MR) is 84.1 cm³/mol. The Bertz CT molecular complexity index is 567. The van der Waals surface area contributed by atoms with Gasteiger partial charge in [0.1, 0.15) is 18.1 Å². The Hall–Kier alpha value is -1.52. The summed E-state index contributed by atoms with van der Waals surface area (Å²) < 4.78 is 12.1. The largest absolute Gasteiger partial charge is 0.496 e. The molecule has 0 unspecified atom stereocenters. The Morgan fingerprint density at radius 1 is 1.15 bits per heavy atom. The Labute approximate surface area is 127 Å². The molecule has 0 aromatic heterocycles. The van der Waals surface area contributed by atoms with E-state index in [1.54, 1.807) is 7.11 Å². The van der Waals surface area contributed by atoms with Gasteiger partial charge in [0.25, 0.3) is 0 Å². The number of nitrogens with two attached hydrogens (primary N) is 1. The van der Waals surface area contributed by atoms with Gasteiger partial charge in [0.05, 0.1) is 7.11 Å². The van der Waals surface area contributed by atoms with Crippen LogP contribution >= 0.6 is 15.9 Å². The van der Waals surface area contributed by atoms with Crippen molar-refractivity contribution in [2.24, 2.45) is 5.73 Å².